The second-order valence-corrected chi connectivity index (χ2v) is 7.51. The smallest absolute Gasteiger partial charge is 0.308 e. The molecule has 0 saturated carbocycles. The number of aryl methyl sites for hydroxylation is 1. The van der Waals surface area contributed by atoms with Crippen LogP contribution < -0.4 is 14.9 Å². The van der Waals surface area contributed by atoms with Gasteiger partial charge in [-0.1, -0.05) is 47.7 Å². The summed E-state index contributed by atoms with van der Waals surface area (Å²) in [5.41, 5.74) is 1.53. The van der Waals surface area contributed by atoms with E-state index in [9.17, 15) is 9.59 Å². The molecule has 1 amide bonds. The molecule has 1 atom stereocenters. The van der Waals surface area contributed by atoms with Crippen molar-refractivity contribution in [3.63, 3.8) is 0 Å². The second kappa shape index (κ2) is 7.48. The number of nitrogens with zero attached hydrogens (tertiary/aromatic N) is 1. The molecule has 1 N–H and O–H groups in total. The predicted molar refractivity (Wildman–Crippen MR) is 114 cm³/mol. The molecule has 0 fully saturated rings. The number of nitrogens with one attached hydrogen (secondary N) is 1. The number of carbonyl (C=O) groups is 1. The van der Waals surface area contributed by atoms with Crippen LogP contribution >= 0.6 is 11.3 Å². The SMILES string of the molecule is CCn1c(=O)sc2cc(NC(=O)[C@@H](C)Oc3cccc4ccccc34)ccc21. The van der Waals surface area contributed by atoms with E-state index >= 15 is 0 Å². The Balaban J connectivity index is 1.53. The van der Waals surface area contributed by atoms with Crippen LogP contribution in [0.15, 0.2) is 65.5 Å². The maximum absolute atomic E-state index is 12.6. The molecule has 6 heteroatoms. The van der Waals surface area contributed by atoms with Crippen molar-refractivity contribution in [1.29, 1.82) is 0 Å². The van der Waals surface area contributed by atoms with Crippen LogP contribution in [-0.4, -0.2) is 16.6 Å². The van der Waals surface area contributed by atoms with Gasteiger partial charge >= 0.3 is 4.87 Å². The Labute approximate surface area is 166 Å². The molecule has 0 bridgehead atoms. The van der Waals surface area contributed by atoms with Crippen LogP contribution in [0.5, 0.6) is 5.75 Å². The highest BCUT2D eigenvalue weighted by molar-refractivity contribution is 7.16. The van der Waals surface area contributed by atoms with Crippen LogP contribution in [0.3, 0.4) is 0 Å². The van der Waals surface area contributed by atoms with Crippen molar-refractivity contribution < 1.29 is 9.53 Å². The third kappa shape index (κ3) is 3.39. The van der Waals surface area contributed by atoms with Crippen molar-refractivity contribution in [2.75, 3.05) is 5.32 Å². The zero-order chi connectivity index (χ0) is 19.7. The maximum atomic E-state index is 12.6. The number of rotatable bonds is 5. The summed E-state index contributed by atoms with van der Waals surface area (Å²) in [6.45, 7) is 4.29. The van der Waals surface area contributed by atoms with Gasteiger partial charge in [-0.15, -0.1) is 0 Å². The van der Waals surface area contributed by atoms with Gasteiger partial charge in [0.05, 0.1) is 10.2 Å². The normalized spacial score (nSPS) is 12.2. The minimum atomic E-state index is -0.666. The summed E-state index contributed by atoms with van der Waals surface area (Å²) in [6, 6.07) is 19.2. The number of aromatic nitrogens is 1. The number of ether oxygens (including phenoxy) is 1. The predicted octanol–water partition coefficient (Wildman–Crippen LogP) is 4.64. The van der Waals surface area contributed by atoms with Crippen LogP contribution in [0.25, 0.3) is 21.0 Å². The molecule has 4 aromatic rings. The fourth-order valence-corrected chi connectivity index (χ4v) is 4.22. The molecule has 0 spiro atoms. The molecule has 0 aliphatic rings. The maximum Gasteiger partial charge on any atom is 0.308 e. The van der Waals surface area contributed by atoms with Crippen LogP contribution in [0.1, 0.15) is 13.8 Å². The largest absolute Gasteiger partial charge is 0.480 e. The van der Waals surface area contributed by atoms with Gasteiger partial charge < -0.3 is 10.1 Å². The minimum Gasteiger partial charge on any atom is -0.480 e. The number of carbonyl (C=O) groups excluding carboxylic acids is 1. The summed E-state index contributed by atoms with van der Waals surface area (Å²) >= 11 is 1.18. The fraction of sp³-hybridized carbons (Fsp3) is 0.182. The van der Waals surface area contributed by atoms with Crippen LogP contribution in [-0.2, 0) is 11.3 Å². The van der Waals surface area contributed by atoms with Crippen molar-refractivity contribution in [1.82, 2.24) is 4.57 Å². The van der Waals surface area contributed by atoms with Crippen LogP contribution in [0, 0.1) is 0 Å². The Kier molecular flexibility index (Phi) is 4.88. The summed E-state index contributed by atoms with van der Waals surface area (Å²) in [5.74, 6) is 0.434. The minimum absolute atomic E-state index is 0.00799. The summed E-state index contributed by atoms with van der Waals surface area (Å²) in [6.07, 6.45) is -0.666. The molecular weight excluding hydrogens is 372 g/mol. The van der Waals surface area contributed by atoms with Crippen LogP contribution in [0.2, 0.25) is 0 Å². The van der Waals surface area contributed by atoms with E-state index in [1.165, 1.54) is 11.3 Å². The topological polar surface area (TPSA) is 60.3 Å². The van der Waals surface area contributed by atoms with Gasteiger partial charge in [0.25, 0.3) is 5.91 Å². The molecule has 0 saturated heterocycles. The first-order chi connectivity index (χ1) is 13.6. The highest BCUT2D eigenvalue weighted by atomic mass is 32.1. The summed E-state index contributed by atoms with van der Waals surface area (Å²) in [4.78, 5) is 24.6. The third-order valence-corrected chi connectivity index (χ3v) is 5.62. The van der Waals surface area contributed by atoms with Gasteiger partial charge in [-0.25, -0.2) is 0 Å². The van der Waals surface area contributed by atoms with E-state index in [2.05, 4.69) is 5.32 Å². The fourth-order valence-electron chi connectivity index (χ4n) is 3.23. The van der Waals surface area contributed by atoms with E-state index < -0.39 is 6.10 Å². The van der Waals surface area contributed by atoms with Crippen molar-refractivity contribution in [3.05, 3.63) is 70.3 Å². The van der Waals surface area contributed by atoms with Gasteiger partial charge in [0.1, 0.15) is 5.75 Å². The molecule has 0 aliphatic carbocycles. The molecule has 28 heavy (non-hydrogen) atoms. The van der Waals surface area contributed by atoms with E-state index in [0.717, 1.165) is 21.0 Å². The van der Waals surface area contributed by atoms with E-state index in [0.29, 0.717) is 18.0 Å². The standard InChI is InChI=1S/C22H20N2O3S/c1-3-24-18-12-11-16(13-20(18)28-22(24)26)23-21(25)14(2)27-19-10-6-8-15-7-4-5-9-17(15)19/h4-14H,3H2,1-2H3,(H,23,25)/t14-/m1/s1. The number of hydrogen-bond acceptors (Lipinski definition) is 4. The van der Waals surface area contributed by atoms with Gasteiger partial charge in [-0.2, -0.15) is 0 Å². The van der Waals surface area contributed by atoms with Gasteiger partial charge in [0.2, 0.25) is 0 Å². The first-order valence-electron chi connectivity index (χ1n) is 9.15. The van der Waals surface area contributed by atoms with E-state index in [4.69, 9.17) is 4.74 Å². The zero-order valence-electron chi connectivity index (χ0n) is 15.6. The molecule has 1 aromatic heterocycles. The van der Waals surface area contributed by atoms with E-state index in [1.54, 1.807) is 11.5 Å². The molecule has 0 unspecified atom stereocenters. The summed E-state index contributed by atoms with van der Waals surface area (Å²) in [7, 11) is 0. The number of hydrogen-bond donors (Lipinski definition) is 1. The highest BCUT2D eigenvalue weighted by Gasteiger charge is 2.17. The molecule has 5 nitrogen and oxygen atoms in total. The van der Waals surface area contributed by atoms with Crippen molar-refractivity contribution in [2.45, 2.75) is 26.5 Å². The Morgan fingerprint density at radius 3 is 2.75 bits per heavy atom. The average molecular weight is 392 g/mol. The molecule has 3 aromatic carbocycles. The number of thiazole rings is 1. The Bertz CT molecular complexity index is 1220. The molecule has 0 aliphatic heterocycles. The number of fused-ring (bicyclic) bond motifs is 2. The van der Waals surface area contributed by atoms with Crippen molar-refractivity contribution in [3.8, 4) is 5.75 Å². The molecule has 0 radical (unpaired) electrons. The first kappa shape index (κ1) is 18.3. The van der Waals surface area contributed by atoms with E-state index in [-0.39, 0.29) is 10.8 Å². The molecular formula is C22H20N2O3S. The Morgan fingerprint density at radius 2 is 1.93 bits per heavy atom. The number of benzene rings is 3. The average Bonchev–Trinajstić information content (AvgIpc) is 3.02. The summed E-state index contributed by atoms with van der Waals surface area (Å²) in [5, 5.41) is 4.91. The lowest BCUT2D eigenvalue weighted by molar-refractivity contribution is -0.122. The van der Waals surface area contributed by atoms with Crippen molar-refractivity contribution in [2.24, 2.45) is 0 Å². The number of anilines is 1. The quantitative estimate of drug-likeness (QED) is 0.538. The second-order valence-electron chi connectivity index (χ2n) is 6.52. The van der Waals surface area contributed by atoms with E-state index in [1.807, 2.05) is 67.6 Å². The lowest BCUT2D eigenvalue weighted by Crippen LogP contribution is -2.30. The third-order valence-electron chi connectivity index (χ3n) is 4.67. The van der Waals surface area contributed by atoms with Gasteiger partial charge in [0.15, 0.2) is 6.10 Å². The van der Waals surface area contributed by atoms with Gasteiger partial charge in [0, 0.05) is 17.6 Å². The lowest BCUT2D eigenvalue weighted by Gasteiger charge is -2.16. The van der Waals surface area contributed by atoms with Gasteiger partial charge in [-0.3, -0.25) is 14.2 Å². The first-order valence-corrected chi connectivity index (χ1v) is 9.97. The summed E-state index contributed by atoms with van der Waals surface area (Å²) < 4.78 is 8.50. The highest BCUT2D eigenvalue weighted by Crippen LogP contribution is 2.26. The molecule has 4 rings (SSSR count). The van der Waals surface area contributed by atoms with Crippen molar-refractivity contribution >= 4 is 43.9 Å². The monoisotopic (exact) mass is 392 g/mol. The Morgan fingerprint density at radius 1 is 1.14 bits per heavy atom. The molecule has 1 heterocycles. The molecule has 142 valence electrons. The lowest BCUT2D eigenvalue weighted by atomic mass is 10.1. The van der Waals surface area contributed by atoms with Crippen LogP contribution in [0.4, 0.5) is 5.69 Å². The Hall–Kier alpha value is -3.12. The number of amides is 1. The zero-order valence-corrected chi connectivity index (χ0v) is 16.5. The van der Waals surface area contributed by atoms with Gasteiger partial charge in [-0.05, 0) is 43.5 Å².